The number of rotatable bonds is 3. The smallest absolute Gasteiger partial charge is 0.331 e. The van der Waals surface area contributed by atoms with Crippen molar-refractivity contribution < 1.29 is 14.7 Å². The lowest BCUT2D eigenvalue weighted by Crippen LogP contribution is -2.16. The molecule has 0 radical (unpaired) electrons. The van der Waals surface area contributed by atoms with Crippen LogP contribution in [0.3, 0.4) is 0 Å². The van der Waals surface area contributed by atoms with Gasteiger partial charge in [-0.25, -0.2) is 9.78 Å². The highest BCUT2D eigenvalue weighted by atomic mass is 35.5. The van der Waals surface area contributed by atoms with E-state index in [1.54, 1.807) is 18.2 Å². The molecule has 0 aliphatic heterocycles. The molecular weight excluding hydrogens is 300 g/mol. The summed E-state index contributed by atoms with van der Waals surface area (Å²) >= 11 is 7.16. The van der Waals surface area contributed by atoms with Crippen molar-refractivity contribution in [1.29, 1.82) is 0 Å². The largest absolute Gasteiger partial charge is 0.478 e. The Morgan fingerprint density at radius 3 is 2.65 bits per heavy atom. The Balaban J connectivity index is 2.26. The number of aromatic nitrogens is 1. The number of hydrogen-bond donors (Lipinski definition) is 2. The number of nitrogens with one attached hydrogen (secondary N) is 1. The van der Waals surface area contributed by atoms with E-state index in [0.717, 1.165) is 10.2 Å². The van der Waals surface area contributed by atoms with E-state index in [1.807, 2.05) is 0 Å². The molecule has 0 atom stereocenters. The van der Waals surface area contributed by atoms with Crippen LogP contribution in [0.5, 0.6) is 0 Å². The second-order valence-electron chi connectivity index (χ2n) is 4.14. The lowest BCUT2D eigenvalue weighted by molar-refractivity contribution is -0.133. The van der Waals surface area contributed by atoms with E-state index in [-0.39, 0.29) is 11.1 Å². The molecule has 0 spiro atoms. The number of thiazole rings is 1. The zero-order valence-electron chi connectivity index (χ0n) is 10.7. The highest BCUT2D eigenvalue weighted by Gasteiger charge is 2.14. The Morgan fingerprint density at radius 1 is 1.30 bits per heavy atom. The molecule has 0 fully saturated rings. The highest BCUT2D eigenvalue weighted by molar-refractivity contribution is 7.22. The van der Waals surface area contributed by atoms with Crippen molar-refractivity contribution in [2.24, 2.45) is 0 Å². The van der Waals surface area contributed by atoms with E-state index < -0.39 is 11.9 Å². The van der Waals surface area contributed by atoms with Crippen LogP contribution in [0.4, 0.5) is 5.13 Å². The first-order chi connectivity index (χ1) is 9.38. The molecule has 0 aliphatic carbocycles. The maximum atomic E-state index is 11.9. The van der Waals surface area contributed by atoms with Crippen molar-refractivity contribution in [3.05, 3.63) is 34.4 Å². The van der Waals surface area contributed by atoms with Crippen molar-refractivity contribution in [3.63, 3.8) is 0 Å². The molecule has 0 bridgehead atoms. The summed E-state index contributed by atoms with van der Waals surface area (Å²) in [6.45, 7) is 2.85. The number of carbonyl (C=O) groups is 2. The summed E-state index contributed by atoms with van der Waals surface area (Å²) in [7, 11) is 0. The van der Waals surface area contributed by atoms with Crippen molar-refractivity contribution in [2.75, 3.05) is 5.32 Å². The number of aliphatic carboxylic acids is 1. The molecule has 1 aromatic heterocycles. The molecule has 0 unspecified atom stereocenters. The monoisotopic (exact) mass is 310 g/mol. The molecule has 1 heterocycles. The molecule has 2 rings (SSSR count). The van der Waals surface area contributed by atoms with Crippen LogP contribution in [0, 0.1) is 0 Å². The van der Waals surface area contributed by atoms with Crippen molar-refractivity contribution in [2.45, 2.75) is 13.8 Å². The van der Waals surface area contributed by atoms with E-state index in [1.165, 1.54) is 25.2 Å². The number of hydrogen-bond acceptors (Lipinski definition) is 4. The van der Waals surface area contributed by atoms with Crippen molar-refractivity contribution in [3.8, 4) is 0 Å². The molecule has 20 heavy (non-hydrogen) atoms. The average molecular weight is 311 g/mol. The first kappa shape index (κ1) is 14.5. The van der Waals surface area contributed by atoms with Gasteiger partial charge in [0.2, 0.25) is 0 Å². The summed E-state index contributed by atoms with van der Waals surface area (Å²) in [5, 5.41) is 12.4. The maximum Gasteiger partial charge on any atom is 0.331 e. The Hall–Kier alpha value is -1.92. The fourth-order valence-electron chi connectivity index (χ4n) is 1.47. The third-order valence-electron chi connectivity index (χ3n) is 2.79. The van der Waals surface area contributed by atoms with Gasteiger partial charge < -0.3 is 5.11 Å². The minimum atomic E-state index is -1.12. The summed E-state index contributed by atoms with van der Waals surface area (Å²) in [5.74, 6) is -1.59. The molecule has 0 saturated carbocycles. The Bertz CT molecular complexity index is 736. The van der Waals surface area contributed by atoms with Crippen molar-refractivity contribution in [1.82, 2.24) is 4.98 Å². The number of anilines is 1. The van der Waals surface area contributed by atoms with Gasteiger partial charge in [0, 0.05) is 16.2 Å². The summed E-state index contributed by atoms with van der Waals surface area (Å²) < 4.78 is 0.851. The van der Waals surface area contributed by atoms with Gasteiger partial charge in [-0.05, 0) is 32.0 Å². The van der Waals surface area contributed by atoms with Gasteiger partial charge in [-0.2, -0.15) is 0 Å². The fourth-order valence-corrected chi connectivity index (χ4v) is 2.61. The molecule has 104 valence electrons. The molecule has 1 amide bonds. The SMILES string of the molecule is CC(C(=O)O)=C(C)C(=O)Nc1nc2ccc(Cl)cc2s1. The number of nitrogens with zero attached hydrogens (tertiary/aromatic N) is 1. The molecule has 5 nitrogen and oxygen atoms in total. The van der Waals surface area contributed by atoms with Crippen LogP contribution in [-0.2, 0) is 9.59 Å². The number of amides is 1. The first-order valence-corrected chi connectivity index (χ1v) is 6.86. The third kappa shape index (κ3) is 2.97. The normalized spacial score (nSPS) is 12.2. The van der Waals surface area contributed by atoms with Gasteiger partial charge >= 0.3 is 5.97 Å². The molecule has 2 aromatic rings. The van der Waals surface area contributed by atoms with E-state index in [9.17, 15) is 9.59 Å². The minimum absolute atomic E-state index is 0.00616. The summed E-state index contributed by atoms with van der Waals surface area (Å²) in [5.41, 5.74) is 0.882. The van der Waals surface area contributed by atoms with Crippen LogP contribution >= 0.6 is 22.9 Å². The number of carboxylic acids is 1. The number of fused-ring (bicyclic) bond motifs is 1. The number of halogens is 1. The molecule has 0 aliphatic rings. The topological polar surface area (TPSA) is 79.3 Å². The highest BCUT2D eigenvalue weighted by Crippen LogP contribution is 2.28. The standard InChI is InChI=1S/C13H11ClN2O3S/c1-6(7(2)12(18)19)11(17)16-13-15-9-4-3-8(14)5-10(9)20-13/h3-5H,1-2H3,(H,18,19)(H,15,16,17). The molecule has 1 aromatic carbocycles. The maximum absolute atomic E-state index is 11.9. The first-order valence-electron chi connectivity index (χ1n) is 5.66. The van der Waals surface area contributed by atoms with Gasteiger partial charge in [0.05, 0.1) is 10.2 Å². The molecule has 0 saturated heterocycles. The van der Waals surface area contributed by atoms with Crippen LogP contribution in [0.2, 0.25) is 5.02 Å². The fraction of sp³-hybridized carbons (Fsp3) is 0.154. The number of carbonyl (C=O) groups excluding carboxylic acids is 1. The second-order valence-corrected chi connectivity index (χ2v) is 5.61. The van der Waals surface area contributed by atoms with Gasteiger partial charge in [0.15, 0.2) is 5.13 Å². The quantitative estimate of drug-likeness (QED) is 0.852. The predicted octanol–water partition coefficient (Wildman–Crippen LogP) is 3.31. The lowest BCUT2D eigenvalue weighted by atomic mass is 10.1. The van der Waals surface area contributed by atoms with Crippen molar-refractivity contribution >= 4 is 50.2 Å². The van der Waals surface area contributed by atoms with Gasteiger partial charge in [0.25, 0.3) is 5.91 Å². The van der Waals surface area contributed by atoms with Crippen LogP contribution < -0.4 is 5.32 Å². The van der Waals surface area contributed by atoms with E-state index in [0.29, 0.717) is 10.2 Å². The minimum Gasteiger partial charge on any atom is -0.478 e. The van der Waals surface area contributed by atoms with E-state index in [4.69, 9.17) is 16.7 Å². The second kappa shape index (κ2) is 5.60. The van der Waals surface area contributed by atoms with Crippen LogP contribution in [0.15, 0.2) is 29.3 Å². The summed E-state index contributed by atoms with van der Waals surface area (Å²) in [4.78, 5) is 27.0. The Morgan fingerprint density at radius 2 is 2.00 bits per heavy atom. The van der Waals surface area contributed by atoms with Crippen LogP contribution in [-0.4, -0.2) is 22.0 Å². The van der Waals surface area contributed by atoms with Crippen LogP contribution in [0.1, 0.15) is 13.8 Å². The average Bonchev–Trinajstić information content (AvgIpc) is 2.77. The molecular formula is C13H11ClN2O3S. The lowest BCUT2D eigenvalue weighted by Gasteiger charge is -2.03. The number of benzene rings is 1. The zero-order valence-corrected chi connectivity index (χ0v) is 12.3. The van der Waals surface area contributed by atoms with Gasteiger partial charge in [-0.15, -0.1) is 0 Å². The van der Waals surface area contributed by atoms with Gasteiger partial charge in [0.1, 0.15) is 0 Å². The van der Waals surface area contributed by atoms with Gasteiger partial charge in [-0.3, -0.25) is 10.1 Å². The van der Waals surface area contributed by atoms with E-state index >= 15 is 0 Å². The third-order valence-corrected chi connectivity index (χ3v) is 3.96. The Labute approximate surface area is 123 Å². The van der Waals surface area contributed by atoms with E-state index in [2.05, 4.69) is 10.3 Å². The molecule has 2 N–H and O–H groups in total. The predicted molar refractivity (Wildman–Crippen MR) is 79.3 cm³/mol. The summed E-state index contributed by atoms with van der Waals surface area (Å²) in [6.07, 6.45) is 0. The summed E-state index contributed by atoms with van der Waals surface area (Å²) in [6, 6.07) is 5.24. The zero-order chi connectivity index (χ0) is 14.9. The Kier molecular flexibility index (Phi) is 4.06. The van der Waals surface area contributed by atoms with Gasteiger partial charge in [-0.1, -0.05) is 22.9 Å². The number of carboxylic acid groups (broad SMARTS) is 1. The van der Waals surface area contributed by atoms with Crippen LogP contribution in [0.25, 0.3) is 10.2 Å². The molecule has 7 heteroatoms.